The minimum atomic E-state index is -0.918. The van der Waals surface area contributed by atoms with Crippen molar-refractivity contribution < 1.29 is 13.6 Å². The van der Waals surface area contributed by atoms with E-state index in [1.807, 2.05) is 7.05 Å². The number of likely N-dealkylation sites (N-methyl/N-ethyl adjacent to an activating group) is 1. The summed E-state index contributed by atoms with van der Waals surface area (Å²) in [5.74, 6) is -1.97. The fraction of sp³-hybridized carbons (Fsp3) is 0.500. The second kappa shape index (κ2) is 7.55. The van der Waals surface area contributed by atoms with Gasteiger partial charge in [0.1, 0.15) is 0 Å². The number of carbonyl (C=O) groups excluding carboxylic acids is 1. The Hall–Kier alpha value is -1.20. The molecule has 6 heteroatoms. The largest absolute Gasteiger partial charge is 0.341 e. The Bertz CT molecular complexity index is 470. The molecule has 1 fully saturated rings. The lowest BCUT2D eigenvalue weighted by Crippen LogP contribution is -2.47. The van der Waals surface area contributed by atoms with Crippen LogP contribution in [0.4, 0.5) is 8.78 Å². The van der Waals surface area contributed by atoms with Crippen molar-refractivity contribution >= 4 is 18.3 Å². The molecule has 112 valence electrons. The minimum absolute atomic E-state index is 0. The third-order valence-electron chi connectivity index (χ3n) is 3.56. The second-order valence-corrected chi connectivity index (χ2v) is 4.86. The molecule has 1 saturated heterocycles. The number of halogens is 3. The standard InChI is InChI=1S/C14H18F2N2O.ClH/c1-17-11-5-3-7-18(9-11)13(19)8-10-4-2-6-12(15)14(10)16;/h2,4,6,11,17H,3,5,7-9H2,1H3;1H. The molecule has 1 aliphatic heterocycles. The van der Waals surface area contributed by atoms with Gasteiger partial charge >= 0.3 is 0 Å². The van der Waals surface area contributed by atoms with Gasteiger partial charge in [-0.05, 0) is 26.0 Å². The van der Waals surface area contributed by atoms with E-state index in [-0.39, 0.29) is 36.3 Å². The number of piperidine rings is 1. The fourth-order valence-electron chi connectivity index (χ4n) is 2.40. The van der Waals surface area contributed by atoms with Crippen molar-refractivity contribution in [3.63, 3.8) is 0 Å². The van der Waals surface area contributed by atoms with E-state index in [1.54, 1.807) is 4.90 Å². The van der Waals surface area contributed by atoms with E-state index in [1.165, 1.54) is 12.1 Å². The summed E-state index contributed by atoms with van der Waals surface area (Å²) < 4.78 is 26.6. The van der Waals surface area contributed by atoms with Crippen molar-refractivity contribution in [2.24, 2.45) is 0 Å². The molecule has 0 bridgehead atoms. The monoisotopic (exact) mass is 304 g/mol. The number of rotatable bonds is 3. The average Bonchev–Trinajstić information content (AvgIpc) is 2.44. The molecule has 0 spiro atoms. The zero-order chi connectivity index (χ0) is 13.8. The van der Waals surface area contributed by atoms with Crippen LogP contribution in [-0.4, -0.2) is 37.0 Å². The van der Waals surface area contributed by atoms with Crippen LogP contribution in [-0.2, 0) is 11.2 Å². The Kier molecular flexibility index (Phi) is 6.36. The van der Waals surface area contributed by atoms with Crippen molar-refractivity contribution in [3.05, 3.63) is 35.4 Å². The number of nitrogens with zero attached hydrogens (tertiary/aromatic N) is 1. The van der Waals surface area contributed by atoms with Gasteiger partial charge in [0, 0.05) is 24.7 Å². The third-order valence-corrected chi connectivity index (χ3v) is 3.56. The number of carbonyl (C=O) groups is 1. The third kappa shape index (κ3) is 3.90. The molecule has 0 aliphatic carbocycles. The number of nitrogens with one attached hydrogen (secondary N) is 1. The first-order valence-electron chi connectivity index (χ1n) is 6.49. The van der Waals surface area contributed by atoms with Gasteiger partial charge in [-0.3, -0.25) is 4.79 Å². The average molecular weight is 305 g/mol. The summed E-state index contributed by atoms with van der Waals surface area (Å²) in [6, 6.07) is 4.22. The predicted octanol–water partition coefficient (Wildman–Crippen LogP) is 2.14. The first kappa shape index (κ1) is 16.9. The summed E-state index contributed by atoms with van der Waals surface area (Å²) in [4.78, 5) is 13.8. The topological polar surface area (TPSA) is 32.3 Å². The molecular weight excluding hydrogens is 286 g/mol. The Morgan fingerprint density at radius 3 is 2.90 bits per heavy atom. The Morgan fingerprint density at radius 1 is 1.45 bits per heavy atom. The summed E-state index contributed by atoms with van der Waals surface area (Å²) in [6.07, 6.45) is 1.89. The van der Waals surface area contributed by atoms with Crippen molar-refractivity contribution in [1.82, 2.24) is 10.2 Å². The highest BCUT2D eigenvalue weighted by Crippen LogP contribution is 2.15. The highest BCUT2D eigenvalue weighted by Gasteiger charge is 2.23. The number of amides is 1. The number of hydrogen-bond acceptors (Lipinski definition) is 2. The predicted molar refractivity (Wildman–Crippen MR) is 76.0 cm³/mol. The molecule has 1 atom stereocenters. The Labute approximate surface area is 123 Å². The summed E-state index contributed by atoms with van der Waals surface area (Å²) in [5, 5.41) is 3.15. The molecule has 3 nitrogen and oxygen atoms in total. The van der Waals surface area contributed by atoms with E-state index in [2.05, 4.69) is 5.32 Å². The summed E-state index contributed by atoms with van der Waals surface area (Å²) in [7, 11) is 1.87. The zero-order valence-electron chi connectivity index (χ0n) is 11.4. The van der Waals surface area contributed by atoms with E-state index in [9.17, 15) is 13.6 Å². The lowest BCUT2D eigenvalue weighted by atomic mass is 10.0. The quantitative estimate of drug-likeness (QED) is 0.928. The zero-order valence-corrected chi connectivity index (χ0v) is 12.2. The lowest BCUT2D eigenvalue weighted by Gasteiger charge is -2.32. The highest BCUT2D eigenvalue weighted by atomic mass is 35.5. The summed E-state index contributed by atoms with van der Waals surface area (Å²) in [6.45, 7) is 1.32. The summed E-state index contributed by atoms with van der Waals surface area (Å²) in [5.41, 5.74) is 0.122. The maximum Gasteiger partial charge on any atom is 0.227 e. The van der Waals surface area contributed by atoms with Gasteiger partial charge in [-0.15, -0.1) is 12.4 Å². The van der Waals surface area contributed by atoms with E-state index < -0.39 is 11.6 Å². The van der Waals surface area contributed by atoms with Gasteiger partial charge in [0.05, 0.1) is 6.42 Å². The molecule has 0 radical (unpaired) electrons. The minimum Gasteiger partial charge on any atom is -0.341 e. The van der Waals surface area contributed by atoms with E-state index in [4.69, 9.17) is 0 Å². The van der Waals surface area contributed by atoms with E-state index in [0.29, 0.717) is 13.1 Å². The van der Waals surface area contributed by atoms with Crippen LogP contribution >= 0.6 is 12.4 Å². The smallest absolute Gasteiger partial charge is 0.227 e. The van der Waals surface area contributed by atoms with Gasteiger partial charge in [0.2, 0.25) is 5.91 Å². The molecule has 2 rings (SSSR count). The van der Waals surface area contributed by atoms with Gasteiger partial charge in [0.25, 0.3) is 0 Å². The molecule has 1 heterocycles. The van der Waals surface area contributed by atoms with Crippen molar-refractivity contribution in [1.29, 1.82) is 0 Å². The van der Waals surface area contributed by atoms with Gasteiger partial charge in [-0.25, -0.2) is 8.78 Å². The lowest BCUT2D eigenvalue weighted by molar-refractivity contribution is -0.131. The van der Waals surface area contributed by atoms with Gasteiger partial charge in [-0.1, -0.05) is 12.1 Å². The SMILES string of the molecule is CNC1CCCN(C(=O)Cc2cccc(F)c2F)C1.Cl. The molecule has 1 unspecified atom stereocenters. The first-order chi connectivity index (χ1) is 9.11. The molecule has 1 N–H and O–H groups in total. The maximum absolute atomic E-state index is 13.5. The van der Waals surface area contributed by atoms with Gasteiger partial charge < -0.3 is 10.2 Å². The number of benzene rings is 1. The Balaban J connectivity index is 0.00000200. The fourth-order valence-corrected chi connectivity index (χ4v) is 2.40. The van der Waals surface area contributed by atoms with Gasteiger partial charge in [0.15, 0.2) is 11.6 Å². The van der Waals surface area contributed by atoms with Crippen molar-refractivity contribution in [3.8, 4) is 0 Å². The van der Waals surface area contributed by atoms with Crippen LogP contribution in [0.3, 0.4) is 0 Å². The molecule has 1 aromatic carbocycles. The molecule has 0 saturated carbocycles. The van der Waals surface area contributed by atoms with Crippen molar-refractivity contribution in [2.75, 3.05) is 20.1 Å². The second-order valence-electron chi connectivity index (χ2n) is 4.86. The molecule has 1 aliphatic rings. The molecular formula is C14H19ClF2N2O. The molecule has 20 heavy (non-hydrogen) atoms. The van der Waals surface area contributed by atoms with Crippen LogP contribution < -0.4 is 5.32 Å². The Morgan fingerprint density at radius 2 is 2.20 bits per heavy atom. The van der Waals surface area contributed by atoms with Crippen molar-refractivity contribution in [2.45, 2.75) is 25.3 Å². The normalized spacial score (nSPS) is 18.6. The number of hydrogen-bond donors (Lipinski definition) is 1. The van der Waals surface area contributed by atoms with Gasteiger partial charge in [-0.2, -0.15) is 0 Å². The first-order valence-corrected chi connectivity index (χ1v) is 6.49. The van der Waals surface area contributed by atoms with Crippen LogP contribution in [0.15, 0.2) is 18.2 Å². The van der Waals surface area contributed by atoms with E-state index >= 15 is 0 Å². The van der Waals surface area contributed by atoms with E-state index in [0.717, 1.165) is 18.9 Å². The van der Waals surface area contributed by atoms with Crippen LogP contribution in [0, 0.1) is 11.6 Å². The molecule has 1 aromatic rings. The van der Waals surface area contributed by atoms with Crippen LogP contribution in [0.1, 0.15) is 18.4 Å². The number of likely N-dealkylation sites (tertiary alicyclic amines) is 1. The van der Waals surface area contributed by atoms with Crippen LogP contribution in [0.25, 0.3) is 0 Å². The maximum atomic E-state index is 13.5. The van der Waals surface area contributed by atoms with Crippen LogP contribution in [0.5, 0.6) is 0 Å². The molecule has 1 amide bonds. The molecule has 0 aromatic heterocycles. The highest BCUT2D eigenvalue weighted by molar-refractivity contribution is 5.85. The van der Waals surface area contributed by atoms with Crippen LogP contribution in [0.2, 0.25) is 0 Å². The summed E-state index contributed by atoms with van der Waals surface area (Å²) >= 11 is 0.